The average Bonchev–Trinajstić information content (AvgIpc) is 2.61. The highest BCUT2D eigenvalue weighted by atomic mass is 16.4. The van der Waals surface area contributed by atoms with Crippen LogP contribution in [0.5, 0.6) is 0 Å². The fourth-order valence-corrected chi connectivity index (χ4v) is 1.44. The van der Waals surface area contributed by atoms with Gasteiger partial charge >= 0.3 is 5.97 Å². The van der Waals surface area contributed by atoms with E-state index in [1.54, 1.807) is 6.92 Å². The molecule has 0 bridgehead atoms. The first-order valence-corrected chi connectivity index (χ1v) is 4.57. The number of H-pyrrole nitrogens is 1. The molecule has 0 saturated carbocycles. The zero-order chi connectivity index (χ0) is 10.8. The maximum absolute atomic E-state index is 10.9. The van der Waals surface area contributed by atoms with Gasteiger partial charge in [-0.2, -0.15) is 0 Å². The van der Waals surface area contributed by atoms with Gasteiger partial charge in [0.15, 0.2) is 0 Å². The van der Waals surface area contributed by atoms with E-state index in [9.17, 15) is 4.79 Å². The molecule has 0 unspecified atom stereocenters. The molecule has 0 aliphatic carbocycles. The number of benzene rings is 1. The summed E-state index contributed by atoms with van der Waals surface area (Å²) in [4.78, 5) is 18.0. The fraction of sp³-hybridized carbons (Fsp3) is 0.0909. The molecule has 0 aliphatic rings. The van der Waals surface area contributed by atoms with Crippen LogP contribution in [0.4, 0.5) is 0 Å². The lowest BCUT2D eigenvalue weighted by atomic mass is 10.2. The van der Waals surface area contributed by atoms with Crippen LogP contribution in [0.2, 0.25) is 0 Å². The van der Waals surface area contributed by atoms with Crippen LogP contribution in [0.3, 0.4) is 0 Å². The lowest BCUT2D eigenvalue weighted by molar-refractivity contribution is -0.130. The predicted molar refractivity (Wildman–Crippen MR) is 57.4 cm³/mol. The summed E-state index contributed by atoms with van der Waals surface area (Å²) in [6, 6.07) is 7.44. The van der Waals surface area contributed by atoms with Gasteiger partial charge in [0, 0.05) is 0 Å². The Balaban J connectivity index is 2.58. The van der Waals surface area contributed by atoms with Crippen molar-refractivity contribution in [3.63, 3.8) is 0 Å². The zero-order valence-electron chi connectivity index (χ0n) is 8.19. The molecule has 0 amide bonds. The SMILES string of the molecule is C/C=C(/C(=O)O)c1nc2ccccc2[nH]1. The first kappa shape index (κ1) is 9.45. The maximum Gasteiger partial charge on any atom is 0.339 e. The summed E-state index contributed by atoms with van der Waals surface area (Å²) in [7, 11) is 0. The molecule has 1 aromatic carbocycles. The van der Waals surface area contributed by atoms with Gasteiger partial charge in [-0.15, -0.1) is 0 Å². The Morgan fingerprint density at radius 3 is 2.80 bits per heavy atom. The van der Waals surface area contributed by atoms with Crippen LogP contribution in [0.15, 0.2) is 30.3 Å². The Morgan fingerprint density at radius 1 is 1.47 bits per heavy atom. The summed E-state index contributed by atoms with van der Waals surface area (Å²) >= 11 is 0. The number of aromatic amines is 1. The molecule has 0 radical (unpaired) electrons. The minimum atomic E-state index is -0.975. The lowest BCUT2D eigenvalue weighted by Gasteiger charge is -1.94. The van der Waals surface area contributed by atoms with Crippen LogP contribution in [-0.2, 0) is 4.79 Å². The first-order valence-electron chi connectivity index (χ1n) is 4.57. The van der Waals surface area contributed by atoms with E-state index in [1.807, 2.05) is 24.3 Å². The zero-order valence-corrected chi connectivity index (χ0v) is 8.19. The van der Waals surface area contributed by atoms with Gasteiger partial charge < -0.3 is 10.1 Å². The topological polar surface area (TPSA) is 66.0 Å². The van der Waals surface area contributed by atoms with E-state index in [0.29, 0.717) is 5.82 Å². The average molecular weight is 202 g/mol. The summed E-state index contributed by atoms with van der Waals surface area (Å²) in [5.41, 5.74) is 1.80. The minimum Gasteiger partial charge on any atom is -0.478 e. The second-order valence-electron chi connectivity index (χ2n) is 3.11. The molecule has 2 aromatic rings. The molecule has 1 heterocycles. The van der Waals surface area contributed by atoms with Crippen LogP contribution in [-0.4, -0.2) is 21.0 Å². The van der Waals surface area contributed by atoms with Crippen LogP contribution < -0.4 is 0 Å². The molecular weight excluding hydrogens is 192 g/mol. The largest absolute Gasteiger partial charge is 0.478 e. The molecule has 1 aromatic heterocycles. The molecule has 0 aliphatic heterocycles. The van der Waals surface area contributed by atoms with Crippen molar-refractivity contribution >= 4 is 22.6 Å². The number of para-hydroxylation sites is 2. The van der Waals surface area contributed by atoms with Gasteiger partial charge in [-0.25, -0.2) is 9.78 Å². The number of aliphatic carboxylic acids is 1. The third kappa shape index (κ3) is 1.61. The van der Waals surface area contributed by atoms with E-state index in [4.69, 9.17) is 5.11 Å². The van der Waals surface area contributed by atoms with Crippen molar-refractivity contribution < 1.29 is 9.90 Å². The normalized spacial score (nSPS) is 11.9. The number of imidazole rings is 1. The summed E-state index contributed by atoms with van der Waals surface area (Å²) in [5, 5.41) is 8.92. The molecule has 2 N–H and O–H groups in total. The van der Waals surface area contributed by atoms with Gasteiger partial charge in [-0.05, 0) is 19.1 Å². The van der Waals surface area contributed by atoms with E-state index >= 15 is 0 Å². The number of rotatable bonds is 2. The first-order chi connectivity index (χ1) is 7.22. The molecule has 76 valence electrons. The highest BCUT2D eigenvalue weighted by Gasteiger charge is 2.12. The van der Waals surface area contributed by atoms with Gasteiger partial charge in [0.2, 0.25) is 0 Å². The van der Waals surface area contributed by atoms with Crippen molar-refractivity contribution in [2.75, 3.05) is 0 Å². The molecule has 0 spiro atoms. The Hall–Kier alpha value is -2.10. The Kier molecular flexibility index (Phi) is 2.25. The smallest absolute Gasteiger partial charge is 0.339 e. The van der Waals surface area contributed by atoms with Gasteiger partial charge in [-0.1, -0.05) is 18.2 Å². The molecule has 4 heteroatoms. The number of fused-ring (bicyclic) bond motifs is 1. The quantitative estimate of drug-likeness (QED) is 0.732. The van der Waals surface area contributed by atoms with Gasteiger partial charge in [0.1, 0.15) is 5.82 Å². The minimum absolute atomic E-state index is 0.186. The molecule has 4 nitrogen and oxygen atoms in total. The summed E-state index contributed by atoms with van der Waals surface area (Å²) in [6.07, 6.45) is 1.53. The molecule has 0 fully saturated rings. The number of nitrogens with one attached hydrogen (secondary N) is 1. The van der Waals surface area contributed by atoms with Gasteiger partial charge in [0.05, 0.1) is 16.6 Å². The number of hydrogen-bond acceptors (Lipinski definition) is 2. The molecule has 0 saturated heterocycles. The van der Waals surface area contributed by atoms with Crippen LogP contribution in [0.1, 0.15) is 12.7 Å². The molecule has 2 rings (SSSR count). The van der Waals surface area contributed by atoms with Crippen molar-refractivity contribution in [3.05, 3.63) is 36.2 Å². The number of nitrogens with zero attached hydrogens (tertiary/aromatic N) is 1. The number of carboxylic acids is 1. The number of allylic oxidation sites excluding steroid dienone is 1. The predicted octanol–water partition coefficient (Wildman–Crippen LogP) is 2.05. The molecule has 0 atom stereocenters. The van der Waals surface area contributed by atoms with Crippen LogP contribution in [0, 0.1) is 0 Å². The van der Waals surface area contributed by atoms with Gasteiger partial charge in [0.25, 0.3) is 0 Å². The van der Waals surface area contributed by atoms with Crippen molar-refractivity contribution in [2.24, 2.45) is 0 Å². The van der Waals surface area contributed by atoms with Crippen molar-refractivity contribution in [3.8, 4) is 0 Å². The highest BCUT2D eigenvalue weighted by molar-refractivity contribution is 6.14. The van der Waals surface area contributed by atoms with E-state index in [1.165, 1.54) is 6.08 Å². The van der Waals surface area contributed by atoms with Crippen LogP contribution in [0.25, 0.3) is 16.6 Å². The fourth-order valence-electron chi connectivity index (χ4n) is 1.44. The van der Waals surface area contributed by atoms with E-state index in [0.717, 1.165) is 11.0 Å². The second-order valence-corrected chi connectivity index (χ2v) is 3.11. The van der Waals surface area contributed by atoms with Crippen LogP contribution >= 0.6 is 0 Å². The van der Waals surface area contributed by atoms with E-state index < -0.39 is 5.97 Å². The highest BCUT2D eigenvalue weighted by Crippen LogP contribution is 2.16. The summed E-state index contributed by atoms with van der Waals surface area (Å²) in [5.74, 6) is -0.581. The Bertz CT molecular complexity index is 507. The monoisotopic (exact) mass is 202 g/mol. The number of carboxylic acid groups (broad SMARTS) is 1. The third-order valence-electron chi connectivity index (χ3n) is 2.16. The Morgan fingerprint density at radius 2 is 2.20 bits per heavy atom. The summed E-state index contributed by atoms with van der Waals surface area (Å²) in [6.45, 7) is 1.68. The van der Waals surface area contributed by atoms with Crippen molar-refractivity contribution in [1.29, 1.82) is 0 Å². The van der Waals surface area contributed by atoms with Crippen molar-refractivity contribution in [2.45, 2.75) is 6.92 Å². The van der Waals surface area contributed by atoms with Gasteiger partial charge in [-0.3, -0.25) is 0 Å². The number of aromatic nitrogens is 2. The van der Waals surface area contributed by atoms with E-state index in [2.05, 4.69) is 9.97 Å². The molecule has 15 heavy (non-hydrogen) atoms. The Labute approximate surface area is 86.3 Å². The standard InChI is InChI=1S/C11H10N2O2/c1-2-7(11(14)15)10-12-8-5-3-4-6-9(8)13-10/h2-6H,1H3,(H,12,13)(H,14,15)/b7-2+. The molecular formula is C11H10N2O2. The number of carbonyl (C=O) groups is 1. The summed E-state index contributed by atoms with van der Waals surface area (Å²) < 4.78 is 0. The van der Waals surface area contributed by atoms with Crippen molar-refractivity contribution in [1.82, 2.24) is 9.97 Å². The third-order valence-corrected chi connectivity index (χ3v) is 2.16. The number of hydrogen-bond donors (Lipinski definition) is 2. The lowest BCUT2D eigenvalue weighted by Crippen LogP contribution is -2.00. The maximum atomic E-state index is 10.9. The second kappa shape index (κ2) is 3.57. The van der Waals surface area contributed by atoms with E-state index in [-0.39, 0.29) is 5.57 Å².